The highest BCUT2D eigenvalue weighted by Gasteiger charge is 2.20. The zero-order valence-electron chi connectivity index (χ0n) is 10.7. The normalized spacial score (nSPS) is 16.1. The number of hydrogen-bond acceptors (Lipinski definition) is 2. The molecule has 1 aliphatic rings. The van der Waals surface area contributed by atoms with Gasteiger partial charge in [0, 0.05) is 38.1 Å². The molecule has 4 nitrogen and oxygen atoms in total. The van der Waals surface area contributed by atoms with Crippen molar-refractivity contribution in [2.75, 3.05) is 31.1 Å². The quantitative estimate of drug-likeness (QED) is 0.865. The van der Waals surface area contributed by atoms with E-state index < -0.39 is 0 Å². The van der Waals surface area contributed by atoms with Gasteiger partial charge >= 0.3 is 6.03 Å². The summed E-state index contributed by atoms with van der Waals surface area (Å²) in [5.74, 6) is 0. The number of benzene rings is 1. The monoisotopic (exact) mass is 245 g/mol. The summed E-state index contributed by atoms with van der Waals surface area (Å²) < 4.78 is 0. The molecule has 0 spiro atoms. The first kappa shape index (κ1) is 12.5. The number of carbonyl (C=O) groups is 1. The van der Waals surface area contributed by atoms with Crippen molar-refractivity contribution in [3.63, 3.8) is 0 Å². The van der Waals surface area contributed by atoms with Gasteiger partial charge in [0.15, 0.2) is 0 Å². The molecule has 0 radical (unpaired) electrons. The van der Waals surface area contributed by atoms with Crippen molar-refractivity contribution >= 4 is 11.7 Å². The number of allylic oxidation sites excluding steroid dienone is 1. The van der Waals surface area contributed by atoms with Gasteiger partial charge in [-0.3, -0.25) is 0 Å². The standard InChI is InChI=1S/C14H19N3O/c1-2-8-15-14(18)17-11-9-16(10-12-17)13-6-4-3-5-7-13/h2-8H,9-12H2,1H3,(H,15,18)/b8-2+. The zero-order chi connectivity index (χ0) is 12.8. The minimum atomic E-state index is -0.0131. The van der Waals surface area contributed by atoms with Crippen LogP contribution in [-0.4, -0.2) is 37.1 Å². The summed E-state index contributed by atoms with van der Waals surface area (Å²) in [6, 6.07) is 10.3. The van der Waals surface area contributed by atoms with Gasteiger partial charge in [-0.2, -0.15) is 0 Å². The average molecular weight is 245 g/mol. The maximum atomic E-state index is 11.7. The van der Waals surface area contributed by atoms with E-state index in [0.717, 1.165) is 26.2 Å². The third kappa shape index (κ3) is 3.03. The minimum absolute atomic E-state index is 0.0131. The lowest BCUT2D eigenvalue weighted by Gasteiger charge is -2.35. The number of piperazine rings is 1. The van der Waals surface area contributed by atoms with Crippen LogP contribution in [0, 0.1) is 0 Å². The van der Waals surface area contributed by atoms with Gasteiger partial charge in [-0.05, 0) is 19.1 Å². The summed E-state index contributed by atoms with van der Waals surface area (Å²) in [7, 11) is 0. The lowest BCUT2D eigenvalue weighted by molar-refractivity contribution is 0.198. The molecule has 1 aromatic rings. The molecule has 2 rings (SSSR count). The van der Waals surface area contributed by atoms with Crippen molar-refractivity contribution < 1.29 is 4.79 Å². The Morgan fingerprint density at radius 3 is 2.44 bits per heavy atom. The fourth-order valence-electron chi connectivity index (χ4n) is 2.05. The second kappa shape index (κ2) is 6.10. The van der Waals surface area contributed by atoms with Gasteiger partial charge in [0.1, 0.15) is 0 Å². The maximum absolute atomic E-state index is 11.7. The fourth-order valence-corrected chi connectivity index (χ4v) is 2.05. The Balaban J connectivity index is 1.86. The highest BCUT2D eigenvalue weighted by Crippen LogP contribution is 2.15. The van der Waals surface area contributed by atoms with Crippen molar-refractivity contribution in [3.05, 3.63) is 42.6 Å². The van der Waals surface area contributed by atoms with Gasteiger partial charge in [0.25, 0.3) is 0 Å². The van der Waals surface area contributed by atoms with Crippen LogP contribution in [-0.2, 0) is 0 Å². The molecular formula is C14H19N3O. The van der Waals surface area contributed by atoms with E-state index >= 15 is 0 Å². The van der Waals surface area contributed by atoms with Gasteiger partial charge in [-0.25, -0.2) is 4.79 Å². The minimum Gasteiger partial charge on any atom is -0.368 e. The van der Waals surface area contributed by atoms with Crippen molar-refractivity contribution in [1.82, 2.24) is 10.2 Å². The number of amides is 2. The van der Waals surface area contributed by atoms with E-state index in [2.05, 4.69) is 22.3 Å². The van der Waals surface area contributed by atoms with Gasteiger partial charge in [0.2, 0.25) is 0 Å². The molecule has 0 atom stereocenters. The average Bonchev–Trinajstić information content (AvgIpc) is 2.46. The van der Waals surface area contributed by atoms with Crippen molar-refractivity contribution in [2.24, 2.45) is 0 Å². The Kier molecular flexibility index (Phi) is 4.23. The fraction of sp³-hybridized carbons (Fsp3) is 0.357. The third-order valence-corrected chi connectivity index (χ3v) is 3.06. The Hall–Kier alpha value is -1.97. The second-order valence-corrected chi connectivity index (χ2v) is 4.26. The summed E-state index contributed by atoms with van der Waals surface area (Å²) >= 11 is 0. The molecule has 1 N–H and O–H groups in total. The first-order chi connectivity index (χ1) is 8.81. The van der Waals surface area contributed by atoms with Crippen LogP contribution in [0.1, 0.15) is 6.92 Å². The Morgan fingerprint density at radius 1 is 1.17 bits per heavy atom. The predicted octanol–water partition coefficient (Wildman–Crippen LogP) is 2.05. The van der Waals surface area contributed by atoms with Crippen LogP contribution in [0.4, 0.5) is 10.5 Å². The second-order valence-electron chi connectivity index (χ2n) is 4.26. The summed E-state index contributed by atoms with van der Waals surface area (Å²) in [4.78, 5) is 15.9. The van der Waals surface area contributed by atoms with E-state index in [9.17, 15) is 4.79 Å². The molecule has 0 bridgehead atoms. The van der Waals surface area contributed by atoms with E-state index in [1.165, 1.54) is 5.69 Å². The van der Waals surface area contributed by atoms with Crippen LogP contribution in [0.2, 0.25) is 0 Å². The Bertz CT molecular complexity index is 408. The topological polar surface area (TPSA) is 35.6 Å². The van der Waals surface area contributed by atoms with Crippen LogP contribution < -0.4 is 10.2 Å². The molecule has 0 aliphatic carbocycles. The van der Waals surface area contributed by atoms with Gasteiger partial charge < -0.3 is 15.1 Å². The largest absolute Gasteiger partial charge is 0.368 e. The van der Waals surface area contributed by atoms with Crippen molar-refractivity contribution in [3.8, 4) is 0 Å². The summed E-state index contributed by atoms with van der Waals surface area (Å²) in [6.07, 6.45) is 3.49. The summed E-state index contributed by atoms with van der Waals surface area (Å²) in [5.41, 5.74) is 1.23. The lowest BCUT2D eigenvalue weighted by atomic mass is 10.2. The molecule has 0 saturated carbocycles. The number of carbonyl (C=O) groups excluding carboxylic acids is 1. The SMILES string of the molecule is C/C=C/NC(=O)N1CCN(c2ccccc2)CC1. The number of nitrogens with zero attached hydrogens (tertiary/aromatic N) is 2. The van der Waals surface area contributed by atoms with E-state index in [0.29, 0.717) is 0 Å². The van der Waals surface area contributed by atoms with E-state index in [-0.39, 0.29) is 6.03 Å². The molecule has 4 heteroatoms. The number of anilines is 1. The lowest BCUT2D eigenvalue weighted by Crippen LogP contribution is -2.51. The van der Waals surface area contributed by atoms with Crippen molar-refractivity contribution in [2.45, 2.75) is 6.92 Å². The smallest absolute Gasteiger partial charge is 0.321 e. The van der Waals surface area contributed by atoms with Crippen LogP contribution in [0.3, 0.4) is 0 Å². The van der Waals surface area contributed by atoms with Gasteiger partial charge in [0.05, 0.1) is 0 Å². The molecule has 0 aromatic heterocycles. The Labute approximate surface area is 108 Å². The van der Waals surface area contributed by atoms with Gasteiger partial charge in [-0.15, -0.1) is 0 Å². The number of para-hydroxylation sites is 1. The number of urea groups is 1. The molecule has 2 amide bonds. The van der Waals surface area contributed by atoms with E-state index in [1.807, 2.05) is 36.1 Å². The zero-order valence-corrected chi connectivity index (χ0v) is 10.7. The third-order valence-electron chi connectivity index (χ3n) is 3.06. The molecule has 18 heavy (non-hydrogen) atoms. The predicted molar refractivity (Wildman–Crippen MR) is 73.6 cm³/mol. The molecular weight excluding hydrogens is 226 g/mol. The van der Waals surface area contributed by atoms with Crippen LogP contribution in [0.5, 0.6) is 0 Å². The molecule has 1 fully saturated rings. The van der Waals surface area contributed by atoms with E-state index in [4.69, 9.17) is 0 Å². The van der Waals surface area contributed by atoms with Gasteiger partial charge in [-0.1, -0.05) is 24.3 Å². The first-order valence-electron chi connectivity index (χ1n) is 6.28. The summed E-state index contributed by atoms with van der Waals surface area (Å²) in [6.45, 7) is 5.17. The first-order valence-corrected chi connectivity index (χ1v) is 6.28. The number of hydrogen-bond donors (Lipinski definition) is 1. The number of nitrogens with one attached hydrogen (secondary N) is 1. The van der Waals surface area contributed by atoms with Crippen LogP contribution in [0.25, 0.3) is 0 Å². The highest BCUT2D eigenvalue weighted by atomic mass is 16.2. The number of rotatable bonds is 2. The van der Waals surface area contributed by atoms with Crippen LogP contribution >= 0.6 is 0 Å². The molecule has 0 unspecified atom stereocenters. The Morgan fingerprint density at radius 2 is 1.83 bits per heavy atom. The van der Waals surface area contributed by atoms with E-state index in [1.54, 1.807) is 6.20 Å². The maximum Gasteiger partial charge on any atom is 0.321 e. The van der Waals surface area contributed by atoms with Crippen molar-refractivity contribution in [1.29, 1.82) is 0 Å². The molecule has 1 saturated heterocycles. The van der Waals surface area contributed by atoms with Crippen LogP contribution in [0.15, 0.2) is 42.6 Å². The highest BCUT2D eigenvalue weighted by molar-refractivity contribution is 5.75. The molecule has 1 aromatic carbocycles. The molecule has 1 aliphatic heterocycles. The summed E-state index contributed by atoms with van der Waals surface area (Å²) in [5, 5.41) is 2.74. The molecule has 1 heterocycles. The molecule has 96 valence electrons.